The van der Waals surface area contributed by atoms with E-state index in [0.29, 0.717) is 5.02 Å². The second-order valence-corrected chi connectivity index (χ2v) is 4.66. The largest absolute Gasteiger partial charge is 0.457 e. The number of benzene rings is 2. The summed E-state index contributed by atoms with van der Waals surface area (Å²) in [6.45, 7) is -0.299. The number of rotatable bonds is 3. The number of nitrogens with zero attached hydrogens (tertiary/aromatic N) is 1. The molecule has 2 aromatic rings. The lowest BCUT2D eigenvalue weighted by molar-refractivity contribution is 0.0470. The first-order valence-corrected chi connectivity index (χ1v) is 6.29. The van der Waals surface area contributed by atoms with E-state index >= 15 is 0 Å². The Kier molecular flexibility index (Phi) is 4.41. The second-order valence-electron chi connectivity index (χ2n) is 4.23. The standard InChI is InChI=1S/C15H10ClFN2O2/c16-11-2-4-14(19)12(6-11)15(20)21-8-10-5-9(7-18)1-3-13(10)17/h1-6H,8,19H2. The molecule has 6 heteroatoms. The van der Waals surface area contributed by atoms with Gasteiger partial charge in [-0.1, -0.05) is 11.6 Å². The van der Waals surface area contributed by atoms with Crippen LogP contribution >= 0.6 is 11.6 Å². The van der Waals surface area contributed by atoms with Crippen LogP contribution in [0.15, 0.2) is 36.4 Å². The minimum atomic E-state index is -0.711. The number of carbonyl (C=O) groups excluding carboxylic acids is 1. The van der Waals surface area contributed by atoms with Gasteiger partial charge in [0, 0.05) is 16.3 Å². The zero-order valence-corrected chi connectivity index (χ0v) is 11.5. The number of nitrogen functional groups attached to an aromatic ring is 1. The molecule has 0 aliphatic rings. The monoisotopic (exact) mass is 304 g/mol. The molecule has 0 bridgehead atoms. The van der Waals surface area contributed by atoms with Gasteiger partial charge in [0.2, 0.25) is 0 Å². The van der Waals surface area contributed by atoms with Crippen LogP contribution in [0.1, 0.15) is 21.5 Å². The Morgan fingerprint density at radius 1 is 1.33 bits per heavy atom. The van der Waals surface area contributed by atoms with E-state index in [1.54, 1.807) is 6.07 Å². The van der Waals surface area contributed by atoms with Crippen molar-refractivity contribution in [3.63, 3.8) is 0 Å². The van der Waals surface area contributed by atoms with Gasteiger partial charge in [-0.15, -0.1) is 0 Å². The summed E-state index contributed by atoms with van der Waals surface area (Å²) in [5.74, 6) is -1.27. The predicted molar refractivity (Wildman–Crippen MR) is 76.1 cm³/mol. The van der Waals surface area contributed by atoms with Crippen molar-refractivity contribution in [2.24, 2.45) is 0 Å². The van der Waals surface area contributed by atoms with Crippen LogP contribution in [0.4, 0.5) is 10.1 Å². The van der Waals surface area contributed by atoms with Crippen LogP contribution in [-0.2, 0) is 11.3 Å². The summed E-state index contributed by atoms with van der Waals surface area (Å²) >= 11 is 5.78. The van der Waals surface area contributed by atoms with Crippen LogP contribution in [0.25, 0.3) is 0 Å². The van der Waals surface area contributed by atoms with E-state index in [0.717, 1.165) is 6.07 Å². The number of anilines is 1. The molecule has 4 nitrogen and oxygen atoms in total. The Bertz CT molecular complexity index is 741. The number of hydrogen-bond donors (Lipinski definition) is 1. The van der Waals surface area contributed by atoms with Gasteiger partial charge >= 0.3 is 5.97 Å². The smallest absolute Gasteiger partial charge is 0.340 e. The molecule has 0 radical (unpaired) electrons. The average molecular weight is 305 g/mol. The van der Waals surface area contributed by atoms with Gasteiger partial charge in [-0.25, -0.2) is 9.18 Å². The highest BCUT2D eigenvalue weighted by atomic mass is 35.5. The fourth-order valence-electron chi connectivity index (χ4n) is 1.68. The van der Waals surface area contributed by atoms with E-state index < -0.39 is 11.8 Å². The fraction of sp³-hybridized carbons (Fsp3) is 0.0667. The topological polar surface area (TPSA) is 76.1 Å². The van der Waals surface area contributed by atoms with Gasteiger partial charge in [-0.05, 0) is 36.4 Å². The molecule has 0 unspecified atom stereocenters. The van der Waals surface area contributed by atoms with Crippen molar-refractivity contribution < 1.29 is 13.9 Å². The summed E-state index contributed by atoms with van der Waals surface area (Å²) in [7, 11) is 0. The Morgan fingerprint density at radius 3 is 2.81 bits per heavy atom. The lowest BCUT2D eigenvalue weighted by Crippen LogP contribution is -2.09. The maximum Gasteiger partial charge on any atom is 0.340 e. The maximum atomic E-state index is 13.6. The molecule has 0 heterocycles. The van der Waals surface area contributed by atoms with E-state index in [-0.39, 0.29) is 29.0 Å². The number of ether oxygens (including phenoxy) is 1. The first-order chi connectivity index (χ1) is 10.0. The molecule has 21 heavy (non-hydrogen) atoms. The molecule has 0 atom stereocenters. The highest BCUT2D eigenvalue weighted by Gasteiger charge is 2.13. The van der Waals surface area contributed by atoms with Crippen molar-refractivity contribution in [2.75, 3.05) is 5.73 Å². The highest BCUT2D eigenvalue weighted by molar-refractivity contribution is 6.31. The average Bonchev–Trinajstić information content (AvgIpc) is 2.48. The van der Waals surface area contributed by atoms with Crippen molar-refractivity contribution in [2.45, 2.75) is 6.61 Å². The molecule has 0 saturated carbocycles. The summed E-state index contributed by atoms with van der Waals surface area (Å²) < 4.78 is 18.6. The lowest BCUT2D eigenvalue weighted by atomic mass is 10.1. The molecular weight excluding hydrogens is 295 g/mol. The van der Waals surface area contributed by atoms with Crippen LogP contribution < -0.4 is 5.73 Å². The lowest BCUT2D eigenvalue weighted by Gasteiger charge is -2.08. The van der Waals surface area contributed by atoms with E-state index in [1.807, 2.05) is 6.07 Å². The normalized spacial score (nSPS) is 9.95. The second kappa shape index (κ2) is 6.25. The molecule has 0 fully saturated rings. The Hall–Kier alpha value is -2.58. The third-order valence-electron chi connectivity index (χ3n) is 2.77. The zero-order valence-electron chi connectivity index (χ0n) is 10.8. The predicted octanol–water partition coefficient (Wildman–Crippen LogP) is 3.29. The maximum absolute atomic E-state index is 13.6. The van der Waals surface area contributed by atoms with Gasteiger partial charge < -0.3 is 10.5 Å². The Balaban J connectivity index is 2.15. The molecule has 0 saturated heterocycles. The van der Waals surface area contributed by atoms with E-state index in [4.69, 9.17) is 27.3 Å². The third kappa shape index (κ3) is 3.50. The third-order valence-corrected chi connectivity index (χ3v) is 3.00. The van der Waals surface area contributed by atoms with Crippen LogP contribution in [0.5, 0.6) is 0 Å². The van der Waals surface area contributed by atoms with Crippen molar-refractivity contribution in [3.8, 4) is 6.07 Å². The molecule has 0 spiro atoms. The molecule has 2 aromatic carbocycles. The quantitative estimate of drug-likeness (QED) is 0.697. The van der Waals surface area contributed by atoms with E-state index in [2.05, 4.69) is 0 Å². The summed E-state index contributed by atoms with van der Waals surface area (Å²) in [5.41, 5.74) is 6.38. The molecule has 0 aliphatic carbocycles. The Labute approximate surface area is 125 Å². The fourth-order valence-corrected chi connectivity index (χ4v) is 1.85. The molecule has 106 valence electrons. The van der Waals surface area contributed by atoms with Gasteiger partial charge in [0.15, 0.2) is 0 Å². The molecule has 2 rings (SSSR count). The number of hydrogen-bond acceptors (Lipinski definition) is 4. The van der Waals surface area contributed by atoms with Crippen molar-refractivity contribution in [3.05, 3.63) is 63.9 Å². The molecule has 0 aromatic heterocycles. The zero-order chi connectivity index (χ0) is 15.4. The van der Waals surface area contributed by atoms with Gasteiger partial charge in [0.1, 0.15) is 12.4 Å². The van der Waals surface area contributed by atoms with Crippen molar-refractivity contribution in [1.82, 2.24) is 0 Å². The molecule has 2 N–H and O–H groups in total. The number of halogens is 2. The minimum absolute atomic E-state index is 0.111. The SMILES string of the molecule is N#Cc1ccc(F)c(COC(=O)c2cc(Cl)ccc2N)c1. The minimum Gasteiger partial charge on any atom is -0.457 e. The number of nitrogens with two attached hydrogens (primary N) is 1. The highest BCUT2D eigenvalue weighted by Crippen LogP contribution is 2.20. The summed E-state index contributed by atoms with van der Waals surface area (Å²) in [4.78, 5) is 11.9. The van der Waals surface area contributed by atoms with E-state index in [1.165, 1.54) is 24.3 Å². The van der Waals surface area contributed by atoms with Gasteiger partial charge in [0.05, 0.1) is 17.2 Å². The van der Waals surface area contributed by atoms with Crippen molar-refractivity contribution in [1.29, 1.82) is 5.26 Å². The number of esters is 1. The van der Waals surface area contributed by atoms with Gasteiger partial charge in [-0.3, -0.25) is 0 Å². The van der Waals surface area contributed by atoms with Crippen LogP contribution in [-0.4, -0.2) is 5.97 Å². The first kappa shape index (κ1) is 14.8. The molecular formula is C15H10ClFN2O2. The summed E-state index contributed by atoms with van der Waals surface area (Å²) in [6.07, 6.45) is 0. The molecule has 0 amide bonds. The summed E-state index contributed by atoms with van der Waals surface area (Å²) in [5, 5.41) is 9.11. The van der Waals surface area contributed by atoms with Crippen LogP contribution in [0, 0.1) is 17.1 Å². The van der Waals surface area contributed by atoms with Gasteiger partial charge in [0.25, 0.3) is 0 Å². The Morgan fingerprint density at radius 2 is 2.10 bits per heavy atom. The van der Waals surface area contributed by atoms with Gasteiger partial charge in [-0.2, -0.15) is 5.26 Å². The first-order valence-electron chi connectivity index (χ1n) is 5.92. The number of nitriles is 1. The van der Waals surface area contributed by atoms with Crippen LogP contribution in [0.3, 0.4) is 0 Å². The van der Waals surface area contributed by atoms with E-state index in [9.17, 15) is 9.18 Å². The molecule has 0 aliphatic heterocycles. The van der Waals surface area contributed by atoms with Crippen molar-refractivity contribution >= 4 is 23.3 Å². The summed E-state index contributed by atoms with van der Waals surface area (Å²) in [6, 6.07) is 10.1. The number of carbonyl (C=O) groups is 1. The van der Waals surface area contributed by atoms with Crippen LogP contribution in [0.2, 0.25) is 5.02 Å².